The van der Waals surface area contributed by atoms with Gasteiger partial charge >= 0.3 is 29.6 Å². The number of carbonyl (C=O) groups is 2. The second kappa shape index (κ2) is 14.1. The summed E-state index contributed by atoms with van der Waals surface area (Å²) in [6, 6.07) is 11.2. The third-order valence-corrected chi connectivity index (χ3v) is 9.00. The molecule has 4 aromatic rings. The summed E-state index contributed by atoms with van der Waals surface area (Å²) in [4.78, 5) is 31.1. The molecule has 0 aliphatic heterocycles. The van der Waals surface area contributed by atoms with Crippen LogP contribution in [0.3, 0.4) is 0 Å². The summed E-state index contributed by atoms with van der Waals surface area (Å²) in [5.41, 5.74) is 4.45. The predicted octanol–water partition coefficient (Wildman–Crippen LogP) is 2.92. The zero-order valence-electron chi connectivity index (χ0n) is 25.0. The van der Waals surface area contributed by atoms with Crippen molar-refractivity contribution in [1.82, 2.24) is 9.55 Å². The van der Waals surface area contributed by atoms with E-state index in [-0.39, 0.29) is 35.3 Å². The molecule has 1 N–H and O–H groups in total. The Labute approximate surface area is 272 Å². The van der Waals surface area contributed by atoms with Crippen LogP contribution in [0.5, 0.6) is 11.5 Å². The van der Waals surface area contributed by atoms with E-state index in [1.54, 1.807) is 20.3 Å². The number of amides is 1. The summed E-state index contributed by atoms with van der Waals surface area (Å²) in [5, 5.41) is 15.8. The van der Waals surface area contributed by atoms with Crippen molar-refractivity contribution in [1.29, 1.82) is 0 Å². The zero-order chi connectivity index (χ0) is 29.1. The van der Waals surface area contributed by atoms with E-state index in [1.165, 1.54) is 48.0 Å². The van der Waals surface area contributed by atoms with Gasteiger partial charge in [0.15, 0.2) is 5.13 Å². The van der Waals surface area contributed by atoms with Gasteiger partial charge in [0.05, 0.1) is 32.4 Å². The Balaban J connectivity index is 0.00000405. The number of hydrogen-bond donors (Lipinski definition) is 1. The minimum atomic E-state index is -1.26. The van der Waals surface area contributed by atoms with E-state index >= 15 is 0 Å². The van der Waals surface area contributed by atoms with Gasteiger partial charge < -0.3 is 23.9 Å². The number of methoxy groups -OCH3 is 2. The van der Waals surface area contributed by atoms with E-state index in [0.717, 1.165) is 51.2 Å². The minimum absolute atomic E-state index is 0. The first-order chi connectivity index (χ1) is 19.8. The number of carboxylic acids is 1. The molecule has 8 nitrogen and oxygen atoms in total. The van der Waals surface area contributed by atoms with Crippen molar-refractivity contribution in [2.24, 2.45) is 5.92 Å². The molecule has 2 aromatic heterocycles. The van der Waals surface area contributed by atoms with Gasteiger partial charge in [-0.15, -0.1) is 11.3 Å². The molecule has 0 spiro atoms. The first-order valence-electron chi connectivity index (χ1n) is 14.1. The standard InChI is InChI=1S/C32H37N3O5S.Na/c1-19-10-12-24-22(14-19)16-25(35(24)18-29(36)37)31(38)34-32-33-30(23-17-26(39-3)20(2)15-27(23)40-4)28(41-32)13-11-21-8-6-5-7-9-21;/h10,12,14-17,21H,5-9,11,13,18H2,1-4H3,(H,36,37)(H,33,34,38);/q;+1/p-1. The normalized spacial score (nSPS) is 13.5. The second-order valence-electron chi connectivity index (χ2n) is 10.9. The number of nitrogens with one attached hydrogen (secondary N) is 1. The average molecular weight is 598 g/mol. The smallest absolute Gasteiger partial charge is 0.548 e. The molecule has 0 radical (unpaired) electrons. The number of fused-ring (bicyclic) bond motifs is 1. The summed E-state index contributed by atoms with van der Waals surface area (Å²) < 4.78 is 12.8. The molecule has 5 rings (SSSR count). The van der Waals surface area contributed by atoms with Gasteiger partial charge in [0.25, 0.3) is 5.91 Å². The molecule has 0 atom stereocenters. The third kappa shape index (κ3) is 7.02. The molecule has 0 saturated heterocycles. The molecule has 0 bridgehead atoms. The van der Waals surface area contributed by atoms with Crippen molar-refractivity contribution >= 4 is 39.2 Å². The third-order valence-electron chi connectivity index (χ3n) is 7.97. The first kappa shape index (κ1) is 32.1. The van der Waals surface area contributed by atoms with Gasteiger partial charge in [-0.1, -0.05) is 43.7 Å². The molecule has 2 aromatic carbocycles. The molecule has 42 heavy (non-hydrogen) atoms. The molecule has 2 heterocycles. The van der Waals surface area contributed by atoms with Crippen LogP contribution in [-0.4, -0.2) is 35.6 Å². The Morgan fingerprint density at radius 1 is 1.05 bits per heavy atom. The zero-order valence-corrected chi connectivity index (χ0v) is 27.9. The number of nitrogens with zero attached hydrogens (tertiary/aromatic N) is 2. The Bertz CT molecular complexity index is 1590. The summed E-state index contributed by atoms with van der Waals surface area (Å²) in [5.74, 6) is 0.427. The molecule has 1 amide bonds. The van der Waals surface area contributed by atoms with Crippen LogP contribution < -0.4 is 49.5 Å². The topological polar surface area (TPSA) is 106 Å². The molecule has 0 unspecified atom stereocenters. The number of hydrogen-bond acceptors (Lipinski definition) is 7. The monoisotopic (exact) mass is 597 g/mol. The number of thiazole rings is 1. The van der Waals surface area contributed by atoms with E-state index in [4.69, 9.17) is 14.5 Å². The summed E-state index contributed by atoms with van der Waals surface area (Å²) >= 11 is 1.45. The van der Waals surface area contributed by atoms with Crippen LogP contribution in [0.2, 0.25) is 0 Å². The number of ether oxygens (including phenoxy) is 2. The largest absolute Gasteiger partial charge is 1.00 e. The van der Waals surface area contributed by atoms with Crippen LogP contribution in [0, 0.1) is 19.8 Å². The number of benzene rings is 2. The Hall–Kier alpha value is -2.85. The van der Waals surface area contributed by atoms with E-state index in [2.05, 4.69) is 5.32 Å². The maximum atomic E-state index is 13.6. The number of aryl methyl sites for hydroxylation is 3. The minimum Gasteiger partial charge on any atom is -0.548 e. The predicted molar refractivity (Wildman–Crippen MR) is 160 cm³/mol. The van der Waals surface area contributed by atoms with Gasteiger partial charge in [0.2, 0.25) is 0 Å². The van der Waals surface area contributed by atoms with Gasteiger partial charge in [-0.05, 0) is 68.5 Å². The summed E-state index contributed by atoms with van der Waals surface area (Å²) in [7, 11) is 3.28. The quantitative estimate of drug-likeness (QED) is 0.282. The fourth-order valence-electron chi connectivity index (χ4n) is 5.87. The van der Waals surface area contributed by atoms with Gasteiger partial charge in [0, 0.05) is 21.3 Å². The molecular formula is C32H36N3NaO5S. The van der Waals surface area contributed by atoms with Crippen LogP contribution in [0.15, 0.2) is 36.4 Å². The fraction of sp³-hybridized carbons (Fsp3) is 0.406. The first-order valence-corrected chi connectivity index (χ1v) is 14.9. The number of carboxylic acid groups (broad SMARTS) is 1. The molecular weight excluding hydrogens is 561 g/mol. The van der Waals surface area contributed by atoms with Crippen molar-refractivity contribution < 1.29 is 53.7 Å². The maximum absolute atomic E-state index is 13.6. The van der Waals surface area contributed by atoms with Gasteiger partial charge in [-0.3, -0.25) is 10.1 Å². The molecule has 1 aliphatic carbocycles. The summed E-state index contributed by atoms with van der Waals surface area (Å²) in [6.07, 6.45) is 8.29. The average Bonchev–Trinajstić information content (AvgIpc) is 3.52. The van der Waals surface area contributed by atoms with E-state index in [9.17, 15) is 14.7 Å². The van der Waals surface area contributed by atoms with Crippen LogP contribution >= 0.6 is 11.3 Å². The van der Waals surface area contributed by atoms with E-state index < -0.39 is 18.4 Å². The van der Waals surface area contributed by atoms with E-state index in [0.29, 0.717) is 22.3 Å². The Morgan fingerprint density at radius 3 is 2.48 bits per heavy atom. The SMILES string of the molecule is COc1cc(-c2nc(NC(=O)c3cc4cc(C)ccc4n3CC(=O)[O-])sc2CCC2CCCCC2)c(OC)cc1C.[Na+]. The van der Waals surface area contributed by atoms with E-state index in [1.807, 2.05) is 44.2 Å². The Kier molecular flexibility index (Phi) is 10.8. The number of anilines is 1. The Morgan fingerprint density at radius 2 is 1.79 bits per heavy atom. The van der Waals surface area contributed by atoms with Crippen molar-refractivity contribution in [2.75, 3.05) is 19.5 Å². The van der Waals surface area contributed by atoms with Crippen LogP contribution in [0.4, 0.5) is 5.13 Å². The van der Waals surface area contributed by atoms with Crippen LogP contribution in [0.25, 0.3) is 22.2 Å². The number of rotatable bonds is 10. The number of carbonyl (C=O) groups excluding carboxylic acids is 2. The van der Waals surface area contributed by atoms with Gasteiger partial charge in [-0.2, -0.15) is 0 Å². The maximum Gasteiger partial charge on any atom is 1.00 e. The van der Waals surface area contributed by atoms with Crippen molar-refractivity contribution in [3.63, 3.8) is 0 Å². The number of aliphatic carboxylic acids is 1. The van der Waals surface area contributed by atoms with Crippen molar-refractivity contribution in [2.45, 2.75) is 65.3 Å². The number of aromatic nitrogens is 2. The molecule has 10 heteroatoms. The van der Waals surface area contributed by atoms with Gasteiger partial charge in [0.1, 0.15) is 17.2 Å². The van der Waals surface area contributed by atoms with Gasteiger partial charge in [-0.25, -0.2) is 4.98 Å². The second-order valence-corrected chi connectivity index (χ2v) is 11.9. The summed E-state index contributed by atoms with van der Waals surface area (Å²) in [6.45, 7) is 3.50. The molecule has 1 saturated carbocycles. The molecule has 216 valence electrons. The fourth-order valence-corrected chi connectivity index (χ4v) is 6.86. The van der Waals surface area contributed by atoms with Crippen molar-refractivity contribution in [3.8, 4) is 22.8 Å². The molecule has 1 fully saturated rings. The molecule has 1 aliphatic rings. The van der Waals surface area contributed by atoms with Crippen molar-refractivity contribution in [3.05, 3.63) is 58.1 Å². The van der Waals surface area contributed by atoms with Crippen LogP contribution in [-0.2, 0) is 17.8 Å². The van der Waals surface area contributed by atoms with Crippen LogP contribution in [0.1, 0.15) is 65.0 Å².